The van der Waals surface area contributed by atoms with Gasteiger partial charge in [0.15, 0.2) is 0 Å². The smallest absolute Gasteiger partial charge is 0.271 e. The van der Waals surface area contributed by atoms with Gasteiger partial charge in [-0.2, -0.15) is 5.10 Å². The van der Waals surface area contributed by atoms with Crippen molar-refractivity contribution in [1.82, 2.24) is 5.43 Å². The van der Waals surface area contributed by atoms with Gasteiger partial charge in [-0.25, -0.2) is 5.43 Å². The zero-order valence-corrected chi connectivity index (χ0v) is 17.7. The quantitative estimate of drug-likeness (QED) is 0.524. The number of hydrogen-bond donors (Lipinski definition) is 3. The molecule has 2 rings (SSSR count). The van der Waals surface area contributed by atoms with E-state index in [1.165, 1.54) is 0 Å². The SMILES string of the molecule is CC(=NNC(=O)c1cc(C(C)(C)C)c(O)c(C(C)(C)C)c1)c1ccccc1O. The van der Waals surface area contributed by atoms with Crippen LogP contribution >= 0.6 is 0 Å². The standard InChI is InChI=1S/C23H30N2O3/c1-14(16-10-8-9-11-19(16)26)24-25-21(28)15-12-17(22(2,3)4)20(27)18(13-15)23(5,6)7/h8-13,26-27H,1-7H3,(H,25,28). The highest BCUT2D eigenvalue weighted by atomic mass is 16.3. The van der Waals surface area contributed by atoms with Gasteiger partial charge in [0, 0.05) is 22.3 Å². The lowest BCUT2D eigenvalue weighted by Gasteiger charge is -2.28. The molecule has 150 valence electrons. The minimum atomic E-state index is -0.370. The zero-order valence-electron chi connectivity index (χ0n) is 17.7. The first kappa shape index (κ1) is 21.5. The van der Waals surface area contributed by atoms with Gasteiger partial charge >= 0.3 is 0 Å². The van der Waals surface area contributed by atoms with Gasteiger partial charge in [-0.3, -0.25) is 4.79 Å². The molecule has 1 amide bonds. The third-order valence-electron chi connectivity index (χ3n) is 4.61. The Morgan fingerprint density at radius 1 is 0.929 bits per heavy atom. The Morgan fingerprint density at radius 2 is 1.43 bits per heavy atom. The molecule has 0 aliphatic carbocycles. The Balaban J connectivity index is 2.43. The van der Waals surface area contributed by atoms with Crippen LogP contribution in [0.1, 0.15) is 75.5 Å². The maximum Gasteiger partial charge on any atom is 0.271 e. The van der Waals surface area contributed by atoms with E-state index in [1.807, 2.05) is 41.5 Å². The number of phenols is 2. The molecule has 0 aliphatic heterocycles. The van der Waals surface area contributed by atoms with Crippen molar-refractivity contribution < 1.29 is 15.0 Å². The summed E-state index contributed by atoms with van der Waals surface area (Å²) in [5.41, 5.74) is 4.82. The minimum absolute atomic E-state index is 0.104. The predicted octanol–water partition coefficient (Wildman–Crippen LogP) is 4.85. The second-order valence-electron chi connectivity index (χ2n) is 9.08. The van der Waals surface area contributed by atoms with Crippen LogP contribution in [0.3, 0.4) is 0 Å². The lowest BCUT2D eigenvalue weighted by atomic mass is 9.78. The van der Waals surface area contributed by atoms with Gasteiger partial charge < -0.3 is 10.2 Å². The van der Waals surface area contributed by atoms with Crippen LogP contribution < -0.4 is 5.43 Å². The molecule has 0 saturated heterocycles. The summed E-state index contributed by atoms with van der Waals surface area (Å²) >= 11 is 0. The highest BCUT2D eigenvalue weighted by Gasteiger charge is 2.27. The van der Waals surface area contributed by atoms with Crippen LogP contribution in [0.5, 0.6) is 11.5 Å². The van der Waals surface area contributed by atoms with E-state index in [9.17, 15) is 15.0 Å². The number of carbonyl (C=O) groups is 1. The molecule has 0 atom stereocenters. The van der Waals surface area contributed by atoms with Crippen LogP contribution in [0.4, 0.5) is 0 Å². The van der Waals surface area contributed by atoms with Crippen molar-refractivity contribution in [2.45, 2.75) is 59.3 Å². The number of amides is 1. The van der Waals surface area contributed by atoms with E-state index < -0.39 is 0 Å². The van der Waals surface area contributed by atoms with E-state index in [2.05, 4.69) is 10.5 Å². The lowest BCUT2D eigenvalue weighted by Crippen LogP contribution is -2.23. The molecule has 0 radical (unpaired) electrons. The van der Waals surface area contributed by atoms with Gasteiger partial charge in [0.25, 0.3) is 5.91 Å². The first-order valence-electron chi connectivity index (χ1n) is 9.33. The fraction of sp³-hybridized carbons (Fsp3) is 0.391. The fourth-order valence-electron chi connectivity index (χ4n) is 2.95. The van der Waals surface area contributed by atoms with E-state index in [-0.39, 0.29) is 28.2 Å². The summed E-state index contributed by atoms with van der Waals surface area (Å²) in [5.74, 6) is -0.0381. The topological polar surface area (TPSA) is 81.9 Å². The molecule has 0 aromatic heterocycles. The zero-order chi connectivity index (χ0) is 21.3. The Bertz CT molecular complexity index is 881. The summed E-state index contributed by atoms with van der Waals surface area (Å²) in [4.78, 5) is 12.8. The number of benzene rings is 2. The van der Waals surface area contributed by atoms with E-state index >= 15 is 0 Å². The molecule has 0 heterocycles. The fourth-order valence-corrected chi connectivity index (χ4v) is 2.95. The van der Waals surface area contributed by atoms with Crippen LogP contribution in [0, 0.1) is 0 Å². The molecule has 0 aliphatic rings. The summed E-state index contributed by atoms with van der Waals surface area (Å²) in [5, 5.41) is 24.8. The summed E-state index contributed by atoms with van der Waals surface area (Å²) in [6.45, 7) is 13.7. The number of hydrogen-bond acceptors (Lipinski definition) is 4. The third kappa shape index (κ3) is 4.71. The first-order valence-corrected chi connectivity index (χ1v) is 9.33. The third-order valence-corrected chi connectivity index (χ3v) is 4.61. The van der Waals surface area contributed by atoms with Crippen LogP contribution in [0.15, 0.2) is 41.5 Å². The molecule has 0 spiro atoms. The molecule has 0 fully saturated rings. The van der Waals surface area contributed by atoms with Crippen LogP contribution in [-0.2, 0) is 10.8 Å². The van der Waals surface area contributed by atoms with Crippen molar-refractivity contribution in [3.05, 3.63) is 58.7 Å². The lowest BCUT2D eigenvalue weighted by molar-refractivity contribution is 0.0954. The molecular weight excluding hydrogens is 352 g/mol. The van der Waals surface area contributed by atoms with Gasteiger partial charge in [-0.1, -0.05) is 53.7 Å². The van der Waals surface area contributed by atoms with Gasteiger partial charge in [-0.05, 0) is 42.0 Å². The Kier molecular flexibility index (Phi) is 5.88. The van der Waals surface area contributed by atoms with Gasteiger partial charge in [0.1, 0.15) is 11.5 Å². The average Bonchev–Trinajstić information content (AvgIpc) is 2.57. The monoisotopic (exact) mass is 382 g/mol. The Labute approximate surface area is 167 Å². The molecule has 0 saturated carbocycles. The van der Waals surface area contributed by atoms with Gasteiger partial charge in [0.05, 0.1) is 5.71 Å². The number of aromatic hydroxyl groups is 2. The van der Waals surface area contributed by atoms with E-state index in [0.29, 0.717) is 28.0 Å². The average molecular weight is 383 g/mol. The second-order valence-corrected chi connectivity index (χ2v) is 9.08. The molecule has 2 aromatic carbocycles. The molecule has 5 nitrogen and oxygen atoms in total. The molecule has 28 heavy (non-hydrogen) atoms. The highest BCUT2D eigenvalue weighted by Crippen LogP contribution is 2.39. The summed E-state index contributed by atoms with van der Waals surface area (Å²) in [6.07, 6.45) is 0. The maximum absolute atomic E-state index is 12.8. The number of rotatable bonds is 3. The Hall–Kier alpha value is -2.82. The number of phenolic OH excluding ortho intramolecular Hbond substituents is 2. The van der Waals surface area contributed by atoms with E-state index in [0.717, 1.165) is 0 Å². The Morgan fingerprint density at radius 3 is 1.89 bits per heavy atom. The molecule has 3 N–H and O–H groups in total. The minimum Gasteiger partial charge on any atom is -0.507 e. The number of para-hydroxylation sites is 1. The van der Waals surface area contributed by atoms with E-state index in [1.54, 1.807) is 43.3 Å². The van der Waals surface area contributed by atoms with Crippen molar-refractivity contribution in [3.8, 4) is 11.5 Å². The van der Waals surface area contributed by atoms with Crippen molar-refractivity contribution in [2.24, 2.45) is 5.10 Å². The molecule has 5 heteroatoms. The van der Waals surface area contributed by atoms with Crippen molar-refractivity contribution in [3.63, 3.8) is 0 Å². The first-order chi connectivity index (χ1) is 12.8. The normalized spacial score (nSPS) is 12.8. The number of hydrazone groups is 1. The predicted molar refractivity (Wildman–Crippen MR) is 113 cm³/mol. The molecular formula is C23H30N2O3. The van der Waals surface area contributed by atoms with Crippen LogP contribution in [0.2, 0.25) is 0 Å². The largest absolute Gasteiger partial charge is 0.507 e. The van der Waals surface area contributed by atoms with Crippen molar-refractivity contribution >= 4 is 11.6 Å². The van der Waals surface area contributed by atoms with Gasteiger partial charge in [-0.15, -0.1) is 0 Å². The molecule has 0 unspecified atom stereocenters. The highest BCUT2D eigenvalue weighted by molar-refractivity contribution is 6.02. The summed E-state index contributed by atoms with van der Waals surface area (Å²) in [6, 6.07) is 10.2. The van der Waals surface area contributed by atoms with Gasteiger partial charge in [0.2, 0.25) is 0 Å². The van der Waals surface area contributed by atoms with Crippen LogP contribution in [-0.4, -0.2) is 21.8 Å². The summed E-state index contributed by atoms with van der Waals surface area (Å²) < 4.78 is 0. The molecule has 0 bridgehead atoms. The molecule has 2 aromatic rings. The maximum atomic E-state index is 12.8. The van der Waals surface area contributed by atoms with E-state index in [4.69, 9.17) is 0 Å². The summed E-state index contributed by atoms with van der Waals surface area (Å²) in [7, 11) is 0. The number of carbonyl (C=O) groups excluding carboxylic acids is 1. The van der Waals surface area contributed by atoms with Crippen molar-refractivity contribution in [1.29, 1.82) is 0 Å². The number of nitrogens with one attached hydrogen (secondary N) is 1. The van der Waals surface area contributed by atoms with Crippen LogP contribution in [0.25, 0.3) is 0 Å². The van der Waals surface area contributed by atoms with Crippen molar-refractivity contribution in [2.75, 3.05) is 0 Å². The second kappa shape index (κ2) is 7.66. The number of nitrogens with zero attached hydrogens (tertiary/aromatic N) is 1.